The Bertz CT molecular complexity index is 269. The summed E-state index contributed by atoms with van der Waals surface area (Å²) in [5.41, 5.74) is 0. The molecule has 2 fully saturated rings. The number of nitrogens with zero attached hydrogens (tertiary/aromatic N) is 1. The second kappa shape index (κ2) is 6.35. The summed E-state index contributed by atoms with van der Waals surface area (Å²) in [5, 5.41) is 10.2. The summed E-state index contributed by atoms with van der Waals surface area (Å²) in [4.78, 5) is 2.53. The zero-order valence-electron chi connectivity index (χ0n) is 10.6. The van der Waals surface area contributed by atoms with Gasteiger partial charge in [-0.25, -0.2) is 0 Å². The lowest BCUT2D eigenvalue weighted by Gasteiger charge is -2.43. The monoisotopic (exact) mass is 301 g/mol. The van der Waals surface area contributed by atoms with Gasteiger partial charge in [-0.2, -0.15) is 0 Å². The summed E-state index contributed by atoms with van der Waals surface area (Å²) in [7, 11) is 0. The van der Waals surface area contributed by atoms with Crippen LogP contribution in [0.4, 0.5) is 0 Å². The highest BCUT2D eigenvalue weighted by Gasteiger charge is 2.35. The van der Waals surface area contributed by atoms with E-state index < -0.39 is 0 Å². The SMILES string of the molecule is C=C(Br)CN1CCCCC1C1CCCCC1O. The van der Waals surface area contributed by atoms with E-state index in [1.54, 1.807) is 0 Å². The summed E-state index contributed by atoms with van der Waals surface area (Å²) in [6.07, 6.45) is 8.50. The first-order valence-corrected chi connectivity index (χ1v) is 7.73. The quantitative estimate of drug-likeness (QED) is 0.864. The third kappa shape index (κ3) is 3.55. The summed E-state index contributed by atoms with van der Waals surface area (Å²) in [6.45, 7) is 6.06. The highest BCUT2D eigenvalue weighted by atomic mass is 79.9. The molecule has 1 aliphatic carbocycles. The van der Waals surface area contributed by atoms with Crippen molar-refractivity contribution in [3.05, 3.63) is 11.1 Å². The topological polar surface area (TPSA) is 23.5 Å². The minimum atomic E-state index is -0.0714. The molecule has 1 aliphatic heterocycles. The van der Waals surface area contributed by atoms with Gasteiger partial charge in [0.15, 0.2) is 0 Å². The molecule has 2 nitrogen and oxygen atoms in total. The van der Waals surface area contributed by atoms with Gasteiger partial charge in [-0.1, -0.05) is 41.8 Å². The largest absolute Gasteiger partial charge is 0.393 e. The van der Waals surface area contributed by atoms with Crippen LogP contribution in [0, 0.1) is 5.92 Å². The highest BCUT2D eigenvalue weighted by Crippen LogP contribution is 2.34. The number of rotatable bonds is 3. The fourth-order valence-corrected chi connectivity index (χ4v) is 3.83. The Balaban J connectivity index is 2.01. The lowest BCUT2D eigenvalue weighted by Crippen LogP contribution is -2.49. The van der Waals surface area contributed by atoms with E-state index in [4.69, 9.17) is 0 Å². The van der Waals surface area contributed by atoms with Crippen molar-refractivity contribution >= 4 is 15.9 Å². The van der Waals surface area contributed by atoms with E-state index in [9.17, 15) is 5.11 Å². The van der Waals surface area contributed by atoms with Crippen LogP contribution in [0.15, 0.2) is 11.1 Å². The molecular weight excluding hydrogens is 278 g/mol. The van der Waals surface area contributed by atoms with Crippen LogP contribution in [-0.2, 0) is 0 Å². The van der Waals surface area contributed by atoms with Gasteiger partial charge >= 0.3 is 0 Å². The van der Waals surface area contributed by atoms with Gasteiger partial charge in [-0.05, 0) is 32.2 Å². The van der Waals surface area contributed by atoms with Crippen LogP contribution in [0.5, 0.6) is 0 Å². The number of hydrogen-bond donors (Lipinski definition) is 1. The molecule has 0 aromatic heterocycles. The minimum Gasteiger partial charge on any atom is -0.393 e. The van der Waals surface area contributed by atoms with Crippen LogP contribution >= 0.6 is 15.9 Å². The highest BCUT2D eigenvalue weighted by molar-refractivity contribution is 9.11. The molecule has 1 saturated heterocycles. The summed E-state index contributed by atoms with van der Waals surface area (Å²) < 4.78 is 1.06. The Morgan fingerprint density at radius 1 is 1.18 bits per heavy atom. The summed E-state index contributed by atoms with van der Waals surface area (Å²) in [5.74, 6) is 0.496. The van der Waals surface area contributed by atoms with Crippen molar-refractivity contribution in [1.29, 1.82) is 0 Å². The maximum absolute atomic E-state index is 10.2. The molecule has 1 saturated carbocycles. The van der Waals surface area contributed by atoms with Crippen LogP contribution in [0.2, 0.25) is 0 Å². The van der Waals surface area contributed by atoms with Crippen LogP contribution in [0.3, 0.4) is 0 Å². The molecule has 2 aliphatic rings. The third-order valence-electron chi connectivity index (χ3n) is 4.31. The third-order valence-corrected chi connectivity index (χ3v) is 4.57. The van der Waals surface area contributed by atoms with Crippen molar-refractivity contribution in [2.45, 2.75) is 57.1 Å². The van der Waals surface area contributed by atoms with E-state index in [2.05, 4.69) is 27.4 Å². The Hall–Kier alpha value is 0.140. The molecule has 0 radical (unpaired) electrons. The number of piperidine rings is 1. The molecular formula is C14H24BrNO. The molecule has 1 N–H and O–H groups in total. The predicted molar refractivity (Wildman–Crippen MR) is 75.2 cm³/mol. The standard InChI is InChI=1S/C14H24BrNO/c1-11(15)10-16-9-5-4-7-13(16)12-6-2-3-8-14(12)17/h12-14,17H,1-10H2. The molecule has 3 heteroatoms. The van der Waals surface area contributed by atoms with Crippen molar-refractivity contribution in [2.24, 2.45) is 5.92 Å². The Morgan fingerprint density at radius 3 is 2.59 bits per heavy atom. The fraction of sp³-hybridized carbons (Fsp3) is 0.857. The van der Waals surface area contributed by atoms with E-state index in [-0.39, 0.29) is 6.10 Å². The number of halogens is 1. The van der Waals surface area contributed by atoms with Crippen molar-refractivity contribution in [1.82, 2.24) is 4.90 Å². The maximum atomic E-state index is 10.2. The van der Waals surface area contributed by atoms with Gasteiger partial charge in [-0.3, -0.25) is 4.90 Å². The van der Waals surface area contributed by atoms with Gasteiger partial charge in [0.2, 0.25) is 0 Å². The molecule has 0 aromatic rings. The molecule has 2 rings (SSSR count). The van der Waals surface area contributed by atoms with Crippen molar-refractivity contribution in [3.8, 4) is 0 Å². The Morgan fingerprint density at radius 2 is 1.88 bits per heavy atom. The van der Waals surface area contributed by atoms with E-state index in [1.165, 1.54) is 45.1 Å². The average Bonchev–Trinajstić information content (AvgIpc) is 2.30. The second-order valence-electron chi connectivity index (χ2n) is 5.57. The molecule has 3 unspecified atom stereocenters. The molecule has 1 heterocycles. The van der Waals surface area contributed by atoms with Crippen molar-refractivity contribution < 1.29 is 5.11 Å². The molecule has 0 amide bonds. The smallest absolute Gasteiger partial charge is 0.0583 e. The van der Waals surface area contributed by atoms with Crippen LogP contribution < -0.4 is 0 Å². The van der Waals surface area contributed by atoms with E-state index in [0.717, 1.165) is 17.4 Å². The summed E-state index contributed by atoms with van der Waals surface area (Å²) in [6, 6.07) is 0.577. The van der Waals surface area contributed by atoms with Gasteiger partial charge < -0.3 is 5.11 Å². The zero-order chi connectivity index (χ0) is 12.3. The van der Waals surface area contributed by atoms with Gasteiger partial charge in [-0.15, -0.1) is 0 Å². The van der Waals surface area contributed by atoms with Gasteiger partial charge in [0.25, 0.3) is 0 Å². The first kappa shape index (κ1) is 13.6. The van der Waals surface area contributed by atoms with Crippen LogP contribution in [0.1, 0.15) is 44.9 Å². The van der Waals surface area contributed by atoms with Gasteiger partial charge in [0, 0.05) is 23.0 Å². The van der Waals surface area contributed by atoms with Crippen molar-refractivity contribution in [3.63, 3.8) is 0 Å². The normalized spacial score (nSPS) is 35.8. The lowest BCUT2D eigenvalue weighted by molar-refractivity contribution is -0.00158. The molecule has 98 valence electrons. The maximum Gasteiger partial charge on any atom is 0.0583 e. The Kier molecular flexibility index (Phi) is 5.07. The zero-order valence-corrected chi connectivity index (χ0v) is 12.2. The number of aliphatic hydroxyl groups is 1. The molecule has 3 atom stereocenters. The number of aliphatic hydroxyl groups excluding tert-OH is 1. The first-order chi connectivity index (χ1) is 8.18. The van der Waals surface area contributed by atoms with E-state index >= 15 is 0 Å². The van der Waals surface area contributed by atoms with Crippen LogP contribution in [-0.4, -0.2) is 35.2 Å². The minimum absolute atomic E-state index is 0.0714. The average molecular weight is 302 g/mol. The molecule has 0 bridgehead atoms. The van der Waals surface area contributed by atoms with Crippen LogP contribution in [0.25, 0.3) is 0 Å². The van der Waals surface area contributed by atoms with E-state index in [1.807, 2.05) is 0 Å². The fourth-order valence-electron chi connectivity index (χ4n) is 3.51. The lowest BCUT2D eigenvalue weighted by atomic mass is 9.78. The summed E-state index contributed by atoms with van der Waals surface area (Å²) >= 11 is 3.48. The number of likely N-dealkylation sites (tertiary alicyclic amines) is 1. The Labute approximate surface area is 113 Å². The second-order valence-corrected chi connectivity index (χ2v) is 6.69. The first-order valence-electron chi connectivity index (χ1n) is 6.94. The molecule has 0 aromatic carbocycles. The van der Waals surface area contributed by atoms with Crippen molar-refractivity contribution in [2.75, 3.05) is 13.1 Å². The van der Waals surface area contributed by atoms with Gasteiger partial charge in [0.05, 0.1) is 6.10 Å². The predicted octanol–water partition coefficient (Wildman–Crippen LogP) is 3.30. The molecule has 0 spiro atoms. The van der Waals surface area contributed by atoms with Gasteiger partial charge in [0.1, 0.15) is 0 Å². The molecule has 17 heavy (non-hydrogen) atoms. The number of hydrogen-bond acceptors (Lipinski definition) is 2. The van der Waals surface area contributed by atoms with E-state index in [0.29, 0.717) is 12.0 Å².